The molecule has 17 heavy (non-hydrogen) atoms. The van der Waals surface area contributed by atoms with Gasteiger partial charge in [-0.2, -0.15) is 0 Å². The average molecular weight is 230 g/mol. The van der Waals surface area contributed by atoms with Crippen LogP contribution in [0.5, 0.6) is 0 Å². The molecule has 1 aromatic carbocycles. The molecule has 88 valence electrons. The molecule has 0 bridgehead atoms. The zero-order valence-corrected chi connectivity index (χ0v) is 9.55. The van der Waals surface area contributed by atoms with Gasteiger partial charge in [-0.1, -0.05) is 6.92 Å². The Morgan fingerprint density at radius 3 is 2.76 bits per heavy atom. The standard InChI is InChI=1S/C12H14N4O/c1-2-9(13)12(17)16-8-3-4-10-11(7-8)15-6-5-14-10/h3-7,9H,2,13H2,1H3,(H,16,17)/t9-/m0/s1. The molecular weight excluding hydrogens is 216 g/mol. The number of benzene rings is 1. The highest BCUT2D eigenvalue weighted by Gasteiger charge is 2.11. The number of fused-ring (bicyclic) bond motifs is 1. The van der Waals surface area contributed by atoms with Crippen LogP contribution in [0.3, 0.4) is 0 Å². The van der Waals surface area contributed by atoms with E-state index in [0.717, 1.165) is 11.0 Å². The summed E-state index contributed by atoms with van der Waals surface area (Å²) in [6, 6.07) is 4.91. The summed E-state index contributed by atoms with van der Waals surface area (Å²) in [4.78, 5) is 19.9. The van der Waals surface area contributed by atoms with Gasteiger partial charge in [-0.05, 0) is 24.6 Å². The molecule has 1 amide bonds. The van der Waals surface area contributed by atoms with Crippen molar-refractivity contribution in [3.63, 3.8) is 0 Å². The SMILES string of the molecule is CC[C@H](N)C(=O)Nc1ccc2nccnc2c1. The minimum absolute atomic E-state index is 0.184. The second-order valence-corrected chi connectivity index (χ2v) is 3.76. The van der Waals surface area contributed by atoms with E-state index >= 15 is 0 Å². The fraction of sp³-hybridized carbons (Fsp3) is 0.250. The van der Waals surface area contributed by atoms with Crippen molar-refractivity contribution in [1.82, 2.24) is 9.97 Å². The van der Waals surface area contributed by atoms with Gasteiger partial charge in [0.05, 0.1) is 17.1 Å². The van der Waals surface area contributed by atoms with Crippen molar-refractivity contribution >= 4 is 22.6 Å². The number of hydrogen-bond acceptors (Lipinski definition) is 4. The summed E-state index contributed by atoms with van der Waals surface area (Å²) in [6.07, 6.45) is 3.86. The molecule has 0 fully saturated rings. The van der Waals surface area contributed by atoms with E-state index in [2.05, 4.69) is 15.3 Å². The van der Waals surface area contributed by atoms with Crippen LogP contribution in [-0.4, -0.2) is 21.9 Å². The quantitative estimate of drug-likeness (QED) is 0.832. The van der Waals surface area contributed by atoms with E-state index in [4.69, 9.17) is 5.73 Å². The van der Waals surface area contributed by atoms with Gasteiger partial charge >= 0.3 is 0 Å². The number of nitrogens with two attached hydrogens (primary N) is 1. The Labute approximate surface area is 99.1 Å². The number of nitrogens with zero attached hydrogens (tertiary/aromatic N) is 2. The highest BCUT2D eigenvalue weighted by atomic mass is 16.2. The lowest BCUT2D eigenvalue weighted by Crippen LogP contribution is -2.34. The van der Waals surface area contributed by atoms with E-state index in [1.54, 1.807) is 24.5 Å². The van der Waals surface area contributed by atoms with Gasteiger partial charge in [0.25, 0.3) is 0 Å². The molecule has 3 N–H and O–H groups in total. The molecule has 0 radical (unpaired) electrons. The van der Waals surface area contributed by atoms with Gasteiger partial charge in [0.2, 0.25) is 5.91 Å². The van der Waals surface area contributed by atoms with Crippen molar-refractivity contribution in [3.8, 4) is 0 Å². The Bertz CT molecular complexity index is 541. The maximum atomic E-state index is 11.6. The summed E-state index contributed by atoms with van der Waals surface area (Å²) in [5.41, 5.74) is 7.87. The predicted octanol–water partition coefficient (Wildman–Crippen LogP) is 1.31. The first-order chi connectivity index (χ1) is 8.20. The summed E-state index contributed by atoms with van der Waals surface area (Å²) in [5.74, 6) is -0.184. The van der Waals surface area contributed by atoms with Crippen LogP contribution >= 0.6 is 0 Å². The fourth-order valence-electron chi connectivity index (χ4n) is 1.46. The number of rotatable bonds is 3. The zero-order valence-electron chi connectivity index (χ0n) is 9.55. The van der Waals surface area contributed by atoms with Gasteiger partial charge in [-0.25, -0.2) is 0 Å². The van der Waals surface area contributed by atoms with Crippen molar-refractivity contribution in [1.29, 1.82) is 0 Å². The van der Waals surface area contributed by atoms with Crippen LogP contribution in [0.1, 0.15) is 13.3 Å². The van der Waals surface area contributed by atoms with E-state index in [1.807, 2.05) is 13.0 Å². The van der Waals surface area contributed by atoms with Crippen molar-refractivity contribution < 1.29 is 4.79 Å². The summed E-state index contributed by atoms with van der Waals surface area (Å²) in [5, 5.41) is 2.75. The second-order valence-electron chi connectivity index (χ2n) is 3.76. The predicted molar refractivity (Wildman–Crippen MR) is 66.4 cm³/mol. The lowest BCUT2D eigenvalue weighted by molar-refractivity contribution is -0.117. The number of carbonyl (C=O) groups is 1. The molecular formula is C12H14N4O. The molecule has 1 atom stereocenters. The molecule has 0 aliphatic rings. The number of anilines is 1. The molecule has 0 spiro atoms. The van der Waals surface area contributed by atoms with Gasteiger partial charge in [0.1, 0.15) is 0 Å². The Balaban J connectivity index is 2.22. The van der Waals surface area contributed by atoms with E-state index < -0.39 is 6.04 Å². The molecule has 0 saturated heterocycles. The van der Waals surface area contributed by atoms with Crippen molar-refractivity contribution in [2.24, 2.45) is 5.73 Å². The monoisotopic (exact) mass is 230 g/mol. The first-order valence-corrected chi connectivity index (χ1v) is 5.48. The average Bonchev–Trinajstić information content (AvgIpc) is 2.37. The maximum absolute atomic E-state index is 11.6. The van der Waals surface area contributed by atoms with Crippen LogP contribution in [0.15, 0.2) is 30.6 Å². The van der Waals surface area contributed by atoms with E-state index in [9.17, 15) is 4.79 Å². The Hall–Kier alpha value is -2.01. The van der Waals surface area contributed by atoms with Crippen molar-refractivity contribution in [3.05, 3.63) is 30.6 Å². The summed E-state index contributed by atoms with van der Waals surface area (Å²) < 4.78 is 0. The number of amides is 1. The molecule has 0 aliphatic heterocycles. The van der Waals surface area contributed by atoms with Gasteiger partial charge in [0.15, 0.2) is 0 Å². The van der Waals surface area contributed by atoms with Crippen LogP contribution in [0.2, 0.25) is 0 Å². The van der Waals surface area contributed by atoms with Crippen molar-refractivity contribution in [2.45, 2.75) is 19.4 Å². The number of nitrogens with one attached hydrogen (secondary N) is 1. The summed E-state index contributed by atoms with van der Waals surface area (Å²) >= 11 is 0. The van der Waals surface area contributed by atoms with E-state index in [1.165, 1.54) is 0 Å². The number of hydrogen-bond donors (Lipinski definition) is 2. The largest absolute Gasteiger partial charge is 0.325 e. The molecule has 2 rings (SSSR count). The molecule has 1 heterocycles. The molecule has 0 saturated carbocycles. The molecule has 1 aromatic heterocycles. The second kappa shape index (κ2) is 4.88. The Morgan fingerprint density at radius 1 is 1.35 bits per heavy atom. The third kappa shape index (κ3) is 2.57. The lowest BCUT2D eigenvalue weighted by Gasteiger charge is -2.10. The first kappa shape index (κ1) is 11.5. The van der Waals surface area contributed by atoms with E-state index in [-0.39, 0.29) is 5.91 Å². The number of carbonyl (C=O) groups excluding carboxylic acids is 1. The highest BCUT2D eigenvalue weighted by molar-refractivity contribution is 5.96. The van der Waals surface area contributed by atoms with Crippen LogP contribution in [0.4, 0.5) is 5.69 Å². The molecule has 5 nitrogen and oxygen atoms in total. The molecule has 2 aromatic rings. The molecule has 0 unspecified atom stereocenters. The van der Waals surface area contributed by atoms with Gasteiger partial charge in [-0.3, -0.25) is 14.8 Å². The highest BCUT2D eigenvalue weighted by Crippen LogP contribution is 2.15. The van der Waals surface area contributed by atoms with Gasteiger partial charge in [-0.15, -0.1) is 0 Å². The topological polar surface area (TPSA) is 80.9 Å². The molecule has 5 heteroatoms. The lowest BCUT2D eigenvalue weighted by atomic mass is 10.2. The Kier molecular flexibility index (Phi) is 3.30. The molecule has 0 aliphatic carbocycles. The van der Waals surface area contributed by atoms with E-state index in [0.29, 0.717) is 12.1 Å². The number of aromatic nitrogens is 2. The summed E-state index contributed by atoms with van der Waals surface area (Å²) in [6.45, 7) is 1.87. The van der Waals surface area contributed by atoms with Crippen LogP contribution in [0, 0.1) is 0 Å². The van der Waals surface area contributed by atoms with Gasteiger partial charge < -0.3 is 11.1 Å². The zero-order chi connectivity index (χ0) is 12.3. The van der Waals surface area contributed by atoms with Crippen molar-refractivity contribution in [2.75, 3.05) is 5.32 Å². The third-order valence-electron chi connectivity index (χ3n) is 2.51. The normalized spacial score (nSPS) is 12.4. The summed E-state index contributed by atoms with van der Waals surface area (Å²) in [7, 11) is 0. The Morgan fingerprint density at radius 2 is 2.06 bits per heavy atom. The van der Waals surface area contributed by atoms with Crippen LogP contribution in [0.25, 0.3) is 11.0 Å². The van der Waals surface area contributed by atoms with Crippen LogP contribution < -0.4 is 11.1 Å². The van der Waals surface area contributed by atoms with Gasteiger partial charge in [0, 0.05) is 18.1 Å². The minimum Gasteiger partial charge on any atom is -0.325 e. The fourth-order valence-corrected chi connectivity index (χ4v) is 1.46. The third-order valence-corrected chi connectivity index (χ3v) is 2.51. The minimum atomic E-state index is -0.479. The van der Waals surface area contributed by atoms with Crippen LogP contribution in [-0.2, 0) is 4.79 Å². The maximum Gasteiger partial charge on any atom is 0.241 e. The first-order valence-electron chi connectivity index (χ1n) is 5.48. The smallest absolute Gasteiger partial charge is 0.241 e.